The second-order valence-electron chi connectivity index (χ2n) is 5.83. The second-order valence-corrected chi connectivity index (χ2v) is 6.72. The Bertz CT molecular complexity index is 764. The van der Waals surface area contributed by atoms with Crippen molar-refractivity contribution < 1.29 is 22.7 Å². The van der Waals surface area contributed by atoms with Gasteiger partial charge in [-0.2, -0.15) is 13.2 Å². The highest BCUT2D eigenvalue weighted by atomic mass is 32.1. The van der Waals surface area contributed by atoms with Crippen LogP contribution in [0.2, 0.25) is 0 Å². The maximum Gasteiger partial charge on any atom is 0.434 e. The van der Waals surface area contributed by atoms with Crippen LogP contribution in [0, 0.1) is 0 Å². The number of carbonyl (C=O) groups excluding carboxylic acids is 1. The molecule has 0 aliphatic carbocycles. The summed E-state index contributed by atoms with van der Waals surface area (Å²) in [5.41, 5.74) is -0.692. The first-order valence-electron chi connectivity index (χ1n) is 8.15. The molecule has 0 N–H and O–H groups in total. The third-order valence-corrected chi connectivity index (χ3v) is 5.02. The van der Waals surface area contributed by atoms with E-state index >= 15 is 0 Å². The molecular formula is C16H17F3N4O2S. The van der Waals surface area contributed by atoms with Gasteiger partial charge in [0.25, 0.3) is 5.91 Å². The summed E-state index contributed by atoms with van der Waals surface area (Å²) in [6.07, 6.45) is -0.321. The van der Waals surface area contributed by atoms with E-state index in [1.807, 2.05) is 6.92 Å². The van der Waals surface area contributed by atoms with Gasteiger partial charge in [-0.05, 0) is 19.8 Å². The van der Waals surface area contributed by atoms with E-state index in [1.165, 1.54) is 12.4 Å². The molecule has 1 amide bonds. The summed E-state index contributed by atoms with van der Waals surface area (Å²) >= 11 is 0.986. The molecular weight excluding hydrogens is 369 g/mol. The molecule has 1 aliphatic heterocycles. The summed E-state index contributed by atoms with van der Waals surface area (Å²) in [6, 6.07) is 0. The highest BCUT2D eigenvalue weighted by Gasteiger charge is 2.35. The molecule has 6 nitrogen and oxygen atoms in total. The van der Waals surface area contributed by atoms with Crippen LogP contribution in [0.5, 0.6) is 5.88 Å². The zero-order valence-electron chi connectivity index (χ0n) is 14.0. The van der Waals surface area contributed by atoms with E-state index in [0.29, 0.717) is 43.4 Å². The maximum absolute atomic E-state index is 12.7. The lowest BCUT2D eigenvalue weighted by Gasteiger charge is -2.31. The van der Waals surface area contributed by atoms with Crippen molar-refractivity contribution in [2.24, 2.45) is 0 Å². The molecule has 0 spiro atoms. The van der Waals surface area contributed by atoms with Crippen LogP contribution >= 0.6 is 11.3 Å². The lowest BCUT2D eigenvalue weighted by Crippen LogP contribution is -2.39. The number of hydrogen-bond donors (Lipinski definition) is 0. The fourth-order valence-corrected chi connectivity index (χ4v) is 3.73. The van der Waals surface area contributed by atoms with Crippen molar-refractivity contribution in [2.75, 3.05) is 19.7 Å². The van der Waals surface area contributed by atoms with Crippen molar-refractivity contribution >= 4 is 17.2 Å². The van der Waals surface area contributed by atoms with Gasteiger partial charge in [-0.25, -0.2) is 15.0 Å². The maximum atomic E-state index is 12.7. The van der Waals surface area contributed by atoms with E-state index in [4.69, 9.17) is 4.74 Å². The topological polar surface area (TPSA) is 68.2 Å². The van der Waals surface area contributed by atoms with Crippen molar-refractivity contribution in [1.29, 1.82) is 0 Å². The summed E-state index contributed by atoms with van der Waals surface area (Å²) in [4.78, 5) is 26.0. The zero-order valence-corrected chi connectivity index (χ0v) is 14.8. The molecule has 26 heavy (non-hydrogen) atoms. The quantitative estimate of drug-likeness (QED) is 0.806. The predicted octanol–water partition coefficient (Wildman–Crippen LogP) is 3.37. The van der Waals surface area contributed by atoms with Crippen LogP contribution in [0.1, 0.15) is 46.9 Å². The van der Waals surface area contributed by atoms with Crippen molar-refractivity contribution in [2.45, 2.75) is 31.9 Å². The fourth-order valence-electron chi connectivity index (χ4n) is 2.78. The Morgan fingerprint density at radius 1 is 1.38 bits per heavy atom. The standard InChI is InChI=1S/C16H17F3N4O2S/c1-2-25-13-7-20-11(6-21-13)15(24)23-5-3-4-10(8-23)14-22-12(9-26-14)16(17,18)19/h6-7,9-10H,2-5,8H2,1H3/t10-/m1/s1. The number of nitrogens with zero attached hydrogens (tertiary/aromatic N) is 4. The molecule has 2 aromatic rings. The number of thiazole rings is 1. The first-order valence-corrected chi connectivity index (χ1v) is 9.03. The highest BCUT2D eigenvalue weighted by Crippen LogP contribution is 2.35. The molecule has 3 rings (SSSR count). The lowest BCUT2D eigenvalue weighted by atomic mass is 9.98. The van der Waals surface area contributed by atoms with Gasteiger partial charge in [0.15, 0.2) is 5.69 Å². The highest BCUT2D eigenvalue weighted by molar-refractivity contribution is 7.09. The Hall–Kier alpha value is -2.23. The Labute approximate surface area is 152 Å². The predicted molar refractivity (Wildman–Crippen MR) is 88.2 cm³/mol. The Morgan fingerprint density at radius 3 is 2.81 bits per heavy atom. The third-order valence-electron chi connectivity index (χ3n) is 4.01. The van der Waals surface area contributed by atoms with Crippen LogP contribution in [-0.4, -0.2) is 45.5 Å². The van der Waals surface area contributed by atoms with Crippen LogP contribution in [0.4, 0.5) is 13.2 Å². The van der Waals surface area contributed by atoms with Gasteiger partial charge >= 0.3 is 6.18 Å². The molecule has 1 atom stereocenters. The number of carbonyl (C=O) groups is 1. The number of halogens is 3. The van der Waals surface area contributed by atoms with Gasteiger partial charge < -0.3 is 9.64 Å². The van der Waals surface area contributed by atoms with Gasteiger partial charge in [-0.1, -0.05) is 0 Å². The number of alkyl halides is 3. The smallest absolute Gasteiger partial charge is 0.434 e. The van der Waals surface area contributed by atoms with E-state index in [0.717, 1.165) is 16.7 Å². The van der Waals surface area contributed by atoms with Gasteiger partial charge in [0, 0.05) is 24.4 Å². The van der Waals surface area contributed by atoms with Crippen molar-refractivity contribution in [3.8, 4) is 5.88 Å². The van der Waals surface area contributed by atoms with E-state index in [9.17, 15) is 18.0 Å². The molecule has 2 aromatic heterocycles. The summed E-state index contributed by atoms with van der Waals surface area (Å²) < 4.78 is 43.4. The van der Waals surface area contributed by atoms with Gasteiger partial charge in [-0.15, -0.1) is 11.3 Å². The molecule has 1 saturated heterocycles. The minimum Gasteiger partial charge on any atom is -0.477 e. The van der Waals surface area contributed by atoms with E-state index < -0.39 is 11.9 Å². The molecule has 10 heteroatoms. The summed E-state index contributed by atoms with van der Waals surface area (Å²) in [7, 11) is 0. The molecule has 1 aliphatic rings. The van der Waals surface area contributed by atoms with Gasteiger partial charge in [0.05, 0.1) is 24.0 Å². The minimum atomic E-state index is -4.45. The molecule has 1 fully saturated rings. The number of likely N-dealkylation sites (tertiary alicyclic amines) is 1. The summed E-state index contributed by atoms with van der Waals surface area (Å²) in [6.45, 7) is 3.11. The van der Waals surface area contributed by atoms with E-state index in [1.54, 1.807) is 4.90 Å². The number of ether oxygens (including phenoxy) is 1. The van der Waals surface area contributed by atoms with Crippen LogP contribution in [0.15, 0.2) is 17.8 Å². The Morgan fingerprint density at radius 2 is 2.19 bits per heavy atom. The van der Waals surface area contributed by atoms with Crippen molar-refractivity contribution in [3.63, 3.8) is 0 Å². The number of piperidine rings is 1. The average molecular weight is 386 g/mol. The largest absolute Gasteiger partial charge is 0.477 e. The van der Waals surface area contributed by atoms with Crippen LogP contribution in [-0.2, 0) is 6.18 Å². The number of amides is 1. The van der Waals surface area contributed by atoms with Gasteiger partial charge in [0.2, 0.25) is 5.88 Å². The summed E-state index contributed by atoms with van der Waals surface area (Å²) in [5.74, 6) is -0.162. The van der Waals surface area contributed by atoms with Gasteiger partial charge in [0.1, 0.15) is 5.69 Å². The van der Waals surface area contributed by atoms with Crippen LogP contribution in [0.25, 0.3) is 0 Å². The SMILES string of the molecule is CCOc1cnc(C(=O)N2CCC[C@@H](c3nc(C(F)(F)F)cs3)C2)cn1. The molecule has 140 valence electrons. The second kappa shape index (κ2) is 7.56. The Kier molecular flexibility index (Phi) is 5.40. The number of aromatic nitrogens is 3. The minimum absolute atomic E-state index is 0.184. The molecule has 0 aromatic carbocycles. The molecule has 0 saturated carbocycles. The summed E-state index contributed by atoms with van der Waals surface area (Å²) in [5, 5.41) is 1.43. The van der Waals surface area contributed by atoms with Gasteiger partial charge in [-0.3, -0.25) is 4.79 Å². The van der Waals surface area contributed by atoms with Crippen LogP contribution < -0.4 is 4.74 Å². The molecule has 0 bridgehead atoms. The zero-order chi connectivity index (χ0) is 18.7. The van der Waals surface area contributed by atoms with Crippen molar-refractivity contribution in [3.05, 3.63) is 34.2 Å². The Balaban J connectivity index is 1.69. The number of rotatable bonds is 4. The molecule has 3 heterocycles. The number of hydrogen-bond acceptors (Lipinski definition) is 6. The van der Waals surface area contributed by atoms with Crippen LogP contribution in [0.3, 0.4) is 0 Å². The monoisotopic (exact) mass is 386 g/mol. The first-order chi connectivity index (χ1) is 12.4. The van der Waals surface area contributed by atoms with Crippen molar-refractivity contribution in [1.82, 2.24) is 19.9 Å². The first kappa shape index (κ1) is 18.6. The lowest BCUT2D eigenvalue weighted by molar-refractivity contribution is -0.140. The normalized spacial score (nSPS) is 18.0. The fraction of sp³-hybridized carbons (Fsp3) is 0.500. The average Bonchev–Trinajstić information content (AvgIpc) is 3.13. The molecule has 0 unspecified atom stereocenters. The van der Waals surface area contributed by atoms with E-state index in [2.05, 4.69) is 15.0 Å². The van der Waals surface area contributed by atoms with E-state index in [-0.39, 0.29) is 17.5 Å². The molecule has 0 radical (unpaired) electrons. The third kappa shape index (κ3) is 4.12.